The number of phenolic OH excluding ortho intramolecular Hbond substituents is 1. The fraction of sp³-hybridized carbons (Fsp3) is 0.389. The molecule has 2 aliphatic carbocycles. The minimum atomic E-state index is -1.30. The molecule has 3 heterocycles. The molecule has 0 unspecified atom stereocenters. The van der Waals surface area contributed by atoms with Crippen molar-refractivity contribution in [1.82, 2.24) is 23.5 Å². The topological polar surface area (TPSA) is 166 Å². The Bertz CT molecular complexity index is 2430. The maximum Gasteiger partial charge on any atom is 0.347 e. The zero-order chi connectivity index (χ0) is 36.7. The summed E-state index contributed by atoms with van der Waals surface area (Å²) in [4.78, 5) is 73.8. The molecule has 4 atom stereocenters. The van der Waals surface area contributed by atoms with E-state index in [0.717, 1.165) is 4.57 Å². The van der Waals surface area contributed by atoms with Crippen molar-refractivity contribution in [2.45, 2.75) is 51.7 Å². The van der Waals surface area contributed by atoms with Crippen molar-refractivity contribution >= 4 is 38.5 Å². The van der Waals surface area contributed by atoms with Crippen LogP contribution in [-0.4, -0.2) is 61.5 Å². The quantitative estimate of drug-likeness (QED) is 0.277. The number of ketones is 2. The molecule has 15 heteroatoms. The zero-order valence-corrected chi connectivity index (χ0v) is 30.4. The Kier molecular flexibility index (Phi) is 8.23. The first-order valence-corrected chi connectivity index (χ1v) is 17.1. The average Bonchev–Trinajstić information content (AvgIpc) is 3.36. The maximum absolute atomic E-state index is 14.2. The number of phenols is 1. The maximum atomic E-state index is 14.2. The summed E-state index contributed by atoms with van der Waals surface area (Å²) in [5, 5.41) is 11.5. The van der Waals surface area contributed by atoms with E-state index in [1.54, 1.807) is 45.2 Å². The van der Waals surface area contributed by atoms with Gasteiger partial charge in [0.05, 0.1) is 50.4 Å². The van der Waals surface area contributed by atoms with Crippen LogP contribution in [0.25, 0.3) is 11.0 Å². The molecule has 51 heavy (non-hydrogen) atoms. The van der Waals surface area contributed by atoms with E-state index >= 15 is 0 Å². The summed E-state index contributed by atoms with van der Waals surface area (Å²) in [5.41, 5.74) is -0.460. The molecule has 0 saturated heterocycles. The zero-order valence-electron chi connectivity index (χ0n) is 28.9. The number of halogens is 1. The van der Waals surface area contributed by atoms with Gasteiger partial charge in [0.25, 0.3) is 5.56 Å². The Hall–Kier alpha value is -5.18. The fourth-order valence-electron chi connectivity index (χ4n) is 8.30. The van der Waals surface area contributed by atoms with Gasteiger partial charge in [-0.3, -0.25) is 14.4 Å². The van der Waals surface area contributed by atoms with Crippen molar-refractivity contribution in [3.63, 3.8) is 0 Å². The first-order valence-electron chi connectivity index (χ1n) is 16.3. The number of carbonyl (C=O) groups excluding carboxylic acids is 2. The Labute approximate surface area is 299 Å². The molecular weight excluding hydrogens is 726 g/mol. The van der Waals surface area contributed by atoms with E-state index in [1.807, 2.05) is 6.08 Å². The second-order valence-electron chi connectivity index (χ2n) is 13.3. The summed E-state index contributed by atoms with van der Waals surface area (Å²) in [6.45, 7) is 3.21. The summed E-state index contributed by atoms with van der Waals surface area (Å²) >= 11 is 3.49. The van der Waals surface area contributed by atoms with Crippen LogP contribution in [0.3, 0.4) is 0 Å². The molecule has 1 fully saturated rings. The molecule has 1 aliphatic heterocycles. The van der Waals surface area contributed by atoms with Crippen molar-refractivity contribution in [3.05, 3.63) is 94.6 Å². The van der Waals surface area contributed by atoms with E-state index in [4.69, 9.17) is 14.2 Å². The van der Waals surface area contributed by atoms with Gasteiger partial charge >= 0.3 is 11.4 Å². The number of hydrogen-bond donors (Lipinski definition) is 1. The van der Waals surface area contributed by atoms with E-state index in [1.165, 1.54) is 41.3 Å². The number of Topliss-reactive ketones (excluding diaryl/α,β-unsaturated/α-hetero) is 1. The highest BCUT2D eigenvalue weighted by Crippen LogP contribution is 2.61. The summed E-state index contributed by atoms with van der Waals surface area (Å²) in [6, 6.07) is 5.81. The second-order valence-corrected chi connectivity index (χ2v) is 14.3. The summed E-state index contributed by atoms with van der Waals surface area (Å²) in [7, 11) is 6.01. The standard InChI is InChI=1S/C36H36BrN5O9/c1-17-11-26(43)21-14-24-19(30(36(21,2)32(17)45)20-12-18(37)13-29(51-6)31(20)44)7-10-41-34(47)40(35(48)42(24)41)9-8-22-33(46)39(3)25-16-28(50-5)27(49-4)15-23(25)38-22/h7,11-13,15-16,21,24,30,44H,8-10,14H2,1-6H3/t21-,24+,30+,36+/m0/s1. The van der Waals surface area contributed by atoms with E-state index < -0.39 is 40.2 Å². The minimum Gasteiger partial charge on any atom is -0.504 e. The molecule has 1 N–H and O–H groups in total. The Morgan fingerprint density at radius 3 is 2.35 bits per heavy atom. The van der Waals surface area contributed by atoms with Gasteiger partial charge in [-0.15, -0.1) is 0 Å². The number of aromatic nitrogens is 5. The van der Waals surface area contributed by atoms with Crippen molar-refractivity contribution in [1.29, 1.82) is 0 Å². The fourth-order valence-corrected chi connectivity index (χ4v) is 8.76. The number of benzene rings is 2. The molecule has 4 aromatic rings. The number of fused-ring (bicyclic) bond motifs is 5. The number of aromatic hydroxyl groups is 1. The van der Waals surface area contributed by atoms with Crippen LogP contribution in [0.1, 0.15) is 43.5 Å². The summed E-state index contributed by atoms with van der Waals surface area (Å²) < 4.78 is 22.0. The third-order valence-corrected chi connectivity index (χ3v) is 11.3. The molecule has 266 valence electrons. The van der Waals surface area contributed by atoms with Gasteiger partial charge in [-0.1, -0.05) is 28.9 Å². The number of aryl methyl sites for hydroxylation is 2. The Balaban J connectivity index is 1.32. The molecular formula is C36H36BrN5O9. The highest BCUT2D eigenvalue weighted by Gasteiger charge is 2.60. The van der Waals surface area contributed by atoms with Crippen LogP contribution in [0.15, 0.2) is 66.4 Å². The number of rotatable bonds is 7. The molecule has 0 spiro atoms. The summed E-state index contributed by atoms with van der Waals surface area (Å²) in [5.74, 6) is -1.34. The van der Waals surface area contributed by atoms with Gasteiger partial charge in [0.1, 0.15) is 5.69 Å². The van der Waals surface area contributed by atoms with E-state index in [2.05, 4.69) is 20.9 Å². The van der Waals surface area contributed by atoms with Gasteiger partial charge in [0.15, 0.2) is 34.6 Å². The van der Waals surface area contributed by atoms with Crippen LogP contribution in [-0.2, 0) is 36.1 Å². The van der Waals surface area contributed by atoms with E-state index in [0.29, 0.717) is 43.7 Å². The molecule has 2 aromatic heterocycles. The van der Waals surface area contributed by atoms with Gasteiger partial charge in [0, 0.05) is 54.0 Å². The Morgan fingerprint density at radius 1 is 0.980 bits per heavy atom. The minimum absolute atomic E-state index is 0.00459. The lowest BCUT2D eigenvalue weighted by Gasteiger charge is -2.52. The first kappa shape index (κ1) is 34.3. The predicted molar refractivity (Wildman–Crippen MR) is 189 cm³/mol. The number of hydrogen-bond acceptors (Lipinski definition) is 10. The smallest absolute Gasteiger partial charge is 0.347 e. The van der Waals surface area contributed by atoms with Crippen LogP contribution in [0, 0.1) is 11.3 Å². The highest BCUT2D eigenvalue weighted by molar-refractivity contribution is 9.10. The van der Waals surface area contributed by atoms with E-state index in [-0.39, 0.29) is 54.7 Å². The number of ether oxygens (including phenoxy) is 3. The third-order valence-electron chi connectivity index (χ3n) is 10.8. The highest BCUT2D eigenvalue weighted by atomic mass is 79.9. The lowest BCUT2D eigenvalue weighted by atomic mass is 9.51. The molecule has 0 radical (unpaired) electrons. The SMILES string of the molecule is COc1cc2nc(CCn3c(=O)n4n(c3=O)[C@@H]3C[C@H]5C(=O)C=C(C)C(=O)[C@@]5(C)[C@@H](c5cc(Br)cc(OC)c5O)C3=CC4)c(=O)n(C)c2cc1OC. The van der Waals surface area contributed by atoms with Crippen molar-refractivity contribution < 1.29 is 28.9 Å². The number of carbonyl (C=O) groups is 2. The van der Waals surface area contributed by atoms with Gasteiger partial charge in [0.2, 0.25) is 0 Å². The van der Waals surface area contributed by atoms with Gasteiger partial charge in [-0.25, -0.2) is 28.5 Å². The second kappa shape index (κ2) is 12.2. The van der Waals surface area contributed by atoms with Crippen LogP contribution >= 0.6 is 15.9 Å². The van der Waals surface area contributed by atoms with Gasteiger partial charge < -0.3 is 23.9 Å². The lowest BCUT2D eigenvalue weighted by Crippen LogP contribution is -2.54. The van der Waals surface area contributed by atoms with E-state index in [9.17, 15) is 29.1 Å². The average molecular weight is 763 g/mol. The molecule has 0 bridgehead atoms. The third kappa shape index (κ3) is 4.95. The molecule has 2 aromatic carbocycles. The monoisotopic (exact) mass is 761 g/mol. The normalized spacial score (nSPS) is 22.5. The first-order chi connectivity index (χ1) is 24.3. The van der Waals surface area contributed by atoms with Crippen molar-refractivity contribution in [2.75, 3.05) is 21.3 Å². The van der Waals surface area contributed by atoms with Crippen LogP contribution in [0.4, 0.5) is 0 Å². The molecule has 7 rings (SSSR count). The largest absolute Gasteiger partial charge is 0.504 e. The van der Waals surface area contributed by atoms with Gasteiger partial charge in [-0.2, -0.15) is 0 Å². The molecule has 0 amide bonds. The molecule has 1 saturated carbocycles. The lowest BCUT2D eigenvalue weighted by molar-refractivity contribution is -0.139. The van der Waals surface area contributed by atoms with Crippen LogP contribution < -0.4 is 31.1 Å². The van der Waals surface area contributed by atoms with Crippen LogP contribution in [0.5, 0.6) is 23.0 Å². The number of methoxy groups -OCH3 is 3. The van der Waals surface area contributed by atoms with Crippen molar-refractivity contribution in [2.24, 2.45) is 18.4 Å². The number of nitrogens with zero attached hydrogens (tertiary/aromatic N) is 5. The predicted octanol–water partition coefficient (Wildman–Crippen LogP) is 3.18. The molecule has 14 nitrogen and oxygen atoms in total. The summed E-state index contributed by atoms with van der Waals surface area (Å²) in [6.07, 6.45) is 3.21. The Morgan fingerprint density at radius 2 is 1.67 bits per heavy atom. The molecule has 3 aliphatic rings. The van der Waals surface area contributed by atoms with Crippen molar-refractivity contribution in [3.8, 4) is 23.0 Å². The van der Waals surface area contributed by atoms with Gasteiger partial charge in [-0.05, 0) is 42.7 Å². The van der Waals surface area contributed by atoms with Crippen LogP contribution in [0.2, 0.25) is 0 Å². The number of allylic oxidation sites excluding steroid dienone is 4.